The summed E-state index contributed by atoms with van der Waals surface area (Å²) in [5.41, 5.74) is 0.586. The van der Waals surface area contributed by atoms with Crippen molar-refractivity contribution in [1.82, 2.24) is 10.0 Å². The summed E-state index contributed by atoms with van der Waals surface area (Å²) < 4.78 is 25.8. The van der Waals surface area contributed by atoms with Crippen molar-refractivity contribution in [2.45, 2.75) is 31.3 Å². The Morgan fingerprint density at radius 3 is 2.39 bits per heavy atom. The van der Waals surface area contributed by atoms with Crippen LogP contribution in [-0.2, 0) is 16.6 Å². The standard InChI is InChI=1S/C11H16Cl2N2O2S/c1-7(2)15-6-8-9(12)4-5-10(11(8)13)18(16,17)14-3/h4-5,7,14-15H,6H2,1-3H3. The van der Waals surface area contributed by atoms with Gasteiger partial charge in [-0.1, -0.05) is 37.0 Å². The Morgan fingerprint density at radius 1 is 1.28 bits per heavy atom. The van der Waals surface area contributed by atoms with Crippen LogP contribution in [0.3, 0.4) is 0 Å². The Bertz CT molecular complexity index is 530. The van der Waals surface area contributed by atoms with Crippen molar-refractivity contribution >= 4 is 33.2 Å². The van der Waals surface area contributed by atoms with Gasteiger partial charge in [-0.25, -0.2) is 13.1 Å². The molecule has 0 saturated heterocycles. The number of sulfonamides is 1. The zero-order valence-electron chi connectivity index (χ0n) is 10.4. The maximum atomic E-state index is 11.8. The van der Waals surface area contributed by atoms with E-state index in [0.29, 0.717) is 17.1 Å². The van der Waals surface area contributed by atoms with Gasteiger partial charge < -0.3 is 5.32 Å². The molecule has 0 aliphatic rings. The van der Waals surface area contributed by atoms with Crippen molar-refractivity contribution in [3.8, 4) is 0 Å². The van der Waals surface area contributed by atoms with Gasteiger partial charge in [0.25, 0.3) is 0 Å². The van der Waals surface area contributed by atoms with E-state index in [9.17, 15) is 8.42 Å². The van der Waals surface area contributed by atoms with E-state index in [4.69, 9.17) is 23.2 Å². The molecule has 0 atom stereocenters. The highest BCUT2D eigenvalue weighted by atomic mass is 35.5. The molecule has 1 aromatic rings. The van der Waals surface area contributed by atoms with Crippen molar-refractivity contribution < 1.29 is 8.42 Å². The molecule has 0 amide bonds. The zero-order valence-corrected chi connectivity index (χ0v) is 12.7. The van der Waals surface area contributed by atoms with E-state index in [1.54, 1.807) is 0 Å². The van der Waals surface area contributed by atoms with E-state index in [1.165, 1.54) is 19.2 Å². The van der Waals surface area contributed by atoms with Gasteiger partial charge in [-0.2, -0.15) is 0 Å². The van der Waals surface area contributed by atoms with Crippen LogP contribution >= 0.6 is 23.2 Å². The van der Waals surface area contributed by atoms with Gasteiger partial charge in [0.05, 0.1) is 5.02 Å². The average molecular weight is 311 g/mol. The molecule has 0 radical (unpaired) electrons. The fourth-order valence-electron chi connectivity index (χ4n) is 1.36. The second-order valence-electron chi connectivity index (χ2n) is 4.08. The lowest BCUT2D eigenvalue weighted by Crippen LogP contribution is -2.23. The van der Waals surface area contributed by atoms with Crippen molar-refractivity contribution in [2.24, 2.45) is 0 Å². The van der Waals surface area contributed by atoms with Gasteiger partial charge in [0.2, 0.25) is 10.0 Å². The van der Waals surface area contributed by atoms with E-state index >= 15 is 0 Å². The van der Waals surface area contributed by atoms with Gasteiger partial charge in [-0.15, -0.1) is 0 Å². The summed E-state index contributed by atoms with van der Waals surface area (Å²) in [5.74, 6) is 0. The minimum atomic E-state index is -3.58. The predicted octanol–water partition coefficient (Wildman–Crippen LogP) is 2.40. The first-order chi connectivity index (χ1) is 8.29. The first-order valence-electron chi connectivity index (χ1n) is 5.43. The smallest absolute Gasteiger partial charge is 0.241 e. The minimum Gasteiger partial charge on any atom is -0.310 e. The Morgan fingerprint density at radius 2 is 1.89 bits per heavy atom. The number of benzene rings is 1. The minimum absolute atomic E-state index is 0.0385. The molecule has 1 aromatic carbocycles. The number of halogens is 2. The van der Waals surface area contributed by atoms with Crippen LogP contribution in [-0.4, -0.2) is 21.5 Å². The maximum Gasteiger partial charge on any atom is 0.241 e. The molecule has 102 valence electrons. The molecule has 0 heterocycles. The third-order valence-electron chi connectivity index (χ3n) is 2.40. The average Bonchev–Trinajstić information content (AvgIpc) is 2.28. The van der Waals surface area contributed by atoms with E-state index < -0.39 is 10.0 Å². The highest BCUT2D eigenvalue weighted by Gasteiger charge is 2.20. The van der Waals surface area contributed by atoms with Crippen LogP contribution in [0.1, 0.15) is 19.4 Å². The van der Waals surface area contributed by atoms with E-state index in [1.807, 2.05) is 13.8 Å². The first kappa shape index (κ1) is 15.7. The van der Waals surface area contributed by atoms with Crippen LogP contribution in [0, 0.1) is 0 Å². The van der Waals surface area contributed by atoms with Gasteiger partial charge in [-0.05, 0) is 19.2 Å². The van der Waals surface area contributed by atoms with Gasteiger partial charge in [0.15, 0.2) is 0 Å². The quantitative estimate of drug-likeness (QED) is 0.878. The normalized spacial score (nSPS) is 12.1. The molecule has 0 aliphatic carbocycles. The Balaban J connectivity index is 3.23. The SMILES string of the molecule is CNS(=O)(=O)c1ccc(Cl)c(CNC(C)C)c1Cl. The fourth-order valence-corrected chi connectivity index (χ4v) is 3.00. The molecule has 0 aromatic heterocycles. The number of hydrogen-bond donors (Lipinski definition) is 2. The van der Waals surface area contributed by atoms with E-state index in [0.717, 1.165) is 0 Å². The highest BCUT2D eigenvalue weighted by molar-refractivity contribution is 7.89. The van der Waals surface area contributed by atoms with Crippen molar-refractivity contribution in [1.29, 1.82) is 0 Å². The molecule has 0 fully saturated rings. The summed E-state index contributed by atoms with van der Waals surface area (Å²) in [6.07, 6.45) is 0. The summed E-state index contributed by atoms with van der Waals surface area (Å²) in [4.78, 5) is 0.0385. The van der Waals surface area contributed by atoms with Crippen LogP contribution in [0.2, 0.25) is 10.0 Å². The van der Waals surface area contributed by atoms with Gasteiger partial charge in [0, 0.05) is 23.2 Å². The van der Waals surface area contributed by atoms with Crippen molar-refractivity contribution in [2.75, 3.05) is 7.05 Å². The van der Waals surface area contributed by atoms with Crippen molar-refractivity contribution in [3.05, 3.63) is 27.7 Å². The van der Waals surface area contributed by atoms with Gasteiger partial charge in [0.1, 0.15) is 4.90 Å². The Hall–Kier alpha value is -0.330. The summed E-state index contributed by atoms with van der Waals surface area (Å²) in [7, 11) is -2.24. The van der Waals surface area contributed by atoms with Crippen LogP contribution in [0.25, 0.3) is 0 Å². The molecule has 0 bridgehead atoms. The summed E-state index contributed by atoms with van der Waals surface area (Å²) in [6, 6.07) is 3.19. The summed E-state index contributed by atoms with van der Waals surface area (Å²) in [6.45, 7) is 4.38. The molecule has 1 rings (SSSR count). The third kappa shape index (κ3) is 3.59. The maximum absolute atomic E-state index is 11.8. The van der Waals surface area contributed by atoms with Crippen molar-refractivity contribution in [3.63, 3.8) is 0 Å². The zero-order chi connectivity index (χ0) is 13.9. The molecule has 2 N–H and O–H groups in total. The Labute approximate surface area is 118 Å². The molecule has 7 heteroatoms. The van der Waals surface area contributed by atoms with Gasteiger partial charge in [-0.3, -0.25) is 0 Å². The molecule has 0 spiro atoms. The molecule has 0 saturated carbocycles. The predicted molar refractivity (Wildman–Crippen MR) is 74.7 cm³/mol. The van der Waals surface area contributed by atoms with Gasteiger partial charge >= 0.3 is 0 Å². The van der Waals surface area contributed by atoms with E-state index in [-0.39, 0.29) is 16.0 Å². The molecule has 4 nitrogen and oxygen atoms in total. The highest BCUT2D eigenvalue weighted by Crippen LogP contribution is 2.30. The molecular formula is C11H16Cl2N2O2S. The van der Waals surface area contributed by atoms with Crippen LogP contribution in [0.5, 0.6) is 0 Å². The molecule has 18 heavy (non-hydrogen) atoms. The lowest BCUT2D eigenvalue weighted by Gasteiger charge is -2.14. The lowest BCUT2D eigenvalue weighted by atomic mass is 10.2. The Kier molecular flexibility index (Phi) is 5.43. The second-order valence-corrected chi connectivity index (χ2v) is 6.72. The number of hydrogen-bond acceptors (Lipinski definition) is 3. The van der Waals surface area contributed by atoms with Crippen LogP contribution < -0.4 is 10.0 Å². The summed E-state index contributed by atoms with van der Waals surface area (Å²) >= 11 is 12.2. The number of nitrogens with one attached hydrogen (secondary N) is 2. The van der Waals surface area contributed by atoms with Crippen LogP contribution in [0.4, 0.5) is 0 Å². The lowest BCUT2D eigenvalue weighted by molar-refractivity contribution is 0.583. The largest absolute Gasteiger partial charge is 0.310 e. The molecular weight excluding hydrogens is 295 g/mol. The van der Waals surface area contributed by atoms with Crippen LogP contribution in [0.15, 0.2) is 17.0 Å². The molecule has 0 unspecified atom stereocenters. The number of rotatable bonds is 5. The van der Waals surface area contributed by atoms with E-state index in [2.05, 4.69) is 10.0 Å². The molecule has 0 aliphatic heterocycles. The second kappa shape index (κ2) is 6.21. The fraction of sp³-hybridized carbons (Fsp3) is 0.455. The first-order valence-corrected chi connectivity index (χ1v) is 7.67. The summed E-state index contributed by atoms with van der Waals surface area (Å²) in [5, 5.41) is 3.76. The topological polar surface area (TPSA) is 58.2 Å². The monoisotopic (exact) mass is 310 g/mol. The third-order valence-corrected chi connectivity index (χ3v) is 4.75.